The highest BCUT2D eigenvalue weighted by Gasteiger charge is 2.44. The molecule has 1 aliphatic carbocycles. The van der Waals surface area contributed by atoms with Crippen molar-refractivity contribution in [3.63, 3.8) is 0 Å². The van der Waals surface area contributed by atoms with E-state index in [4.69, 9.17) is 5.26 Å². The van der Waals surface area contributed by atoms with Crippen LogP contribution in [0.15, 0.2) is 24.3 Å². The first-order valence-electron chi connectivity index (χ1n) is 8.61. The highest BCUT2D eigenvalue weighted by molar-refractivity contribution is 5.83. The molecule has 23 heavy (non-hydrogen) atoms. The van der Waals surface area contributed by atoms with E-state index in [-0.39, 0.29) is 11.8 Å². The van der Waals surface area contributed by atoms with Crippen LogP contribution in [0, 0.1) is 30.1 Å². The zero-order chi connectivity index (χ0) is 16.2. The van der Waals surface area contributed by atoms with Crippen LogP contribution in [0.25, 0.3) is 0 Å². The Kier molecular flexibility index (Phi) is 4.97. The molecular formula is C19H25N3O. The second-order valence-corrected chi connectivity index (χ2v) is 6.93. The predicted octanol–water partition coefficient (Wildman–Crippen LogP) is 2.45. The van der Waals surface area contributed by atoms with E-state index < -0.39 is 0 Å². The summed E-state index contributed by atoms with van der Waals surface area (Å²) in [5.74, 6) is 1.35. The van der Waals surface area contributed by atoms with Gasteiger partial charge in [0.2, 0.25) is 5.91 Å². The Labute approximate surface area is 138 Å². The van der Waals surface area contributed by atoms with Gasteiger partial charge in [-0.3, -0.25) is 9.69 Å². The molecule has 3 rings (SSSR count). The molecule has 2 aliphatic rings. The molecule has 4 nitrogen and oxygen atoms in total. The van der Waals surface area contributed by atoms with Crippen LogP contribution in [-0.2, 0) is 4.79 Å². The van der Waals surface area contributed by atoms with Crippen LogP contribution in [0.3, 0.4) is 0 Å². The lowest BCUT2D eigenvalue weighted by Crippen LogP contribution is -2.39. The first-order valence-corrected chi connectivity index (χ1v) is 8.61. The minimum Gasteiger partial charge on any atom is -0.356 e. The molecule has 0 bridgehead atoms. The van der Waals surface area contributed by atoms with Gasteiger partial charge in [-0.05, 0) is 62.2 Å². The number of carbonyl (C=O) groups is 1. The van der Waals surface area contributed by atoms with Gasteiger partial charge in [-0.2, -0.15) is 5.26 Å². The molecule has 2 atom stereocenters. The third-order valence-corrected chi connectivity index (χ3v) is 5.28. The lowest BCUT2D eigenvalue weighted by molar-refractivity contribution is -0.122. The van der Waals surface area contributed by atoms with Crippen LogP contribution < -0.4 is 5.32 Å². The Bertz CT molecular complexity index is 599. The molecule has 122 valence electrons. The van der Waals surface area contributed by atoms with Gasteiger partial charge in [-0.15, -0.1) is 0 Å². The van der Waals surface area contributed by atoms with Crippen molar-refractivity contribution in [1.82, 2.24) is 10.2 Å². The first kappa shape index (κ1) is 16.0. The number of amides is 1. The topological polar surface area (TPSA) is 56.1 Å². The van der Waals surface area contributed by atoms with Crippen LogP contribution in [-0.4, -0.2) is 37.0 Å². The minimum absolute atomic E-state index is 0.162. The van der Waals surface area contributed by atoms with Crippen molar-refractivity contribution >= 4 is 5.91 Å². The zero-order valence-corrected chi connectivity index (χ0v) is 13.8. The van der Waals surface area contributed by atoms with E-state index in [1.54, 1.807) is 0 Å². The average Bonchev–Trinajstić information content (AvgIpc) is 3.35. The Morgan fingerprint density at radius 3 is 2.78 bits per heavy atom. The van der Waals surface area contributed by atoms with Crippen LogP contribution in [0.2, 0.25) is 0 Å². The third kappa shape index (κ3) is 3.92. The SMILES string of the molecule is Cc1ccccc1[C@H]1C[C@@H]1C(=O)NCC1CCN(CC#N)CC1. The van der Waals surface area contributed by atoms with Gasteiger partial charge in [0.25, 0.3) is 0 Å². The molecule has 1 N–H and O–H groups in total. The standard InChI is InChI=1S/C19H25N3O/c1-14-4-2-3-5-16(14)17-12-18(17)19(23)21-13-15-6-9-22(10-7-15)11-8-20/h2-5,15,17-18H,6-7,9-13H2,1H3,(H,21,23)/t17-,18+/m1/s1. The molecule has 1 aromatic rings. The fraction of sp³-hybridized carbons (Fsp3) is 0.579. The van der Waals surface area contributed by atoms with Crippen molar-refractivity contribution in [2.24, 2.45) is 11.8 Å². The molecule has 1 heterocycles. The van der Waals surface area contributed by atoms with Gasteiger partial charge in [0.1, 0.15) is 0 Å². The molecule has 0 spiro atoms. The molecular weight excluding hydrogens is 286 g/mol. The van der Waals surface area contributed by atoms with Gasteiger partial charge in [0.05, 0.1) is 12.6 Å². The number of likely N-dealkylation sites (tertiary alicyclic amines) is 1. The number of carbonyl (C=O) groups excluding carboxylic acids is 1. The second-order valence-electron chi connectivity index (χ2n) is 6.93. The number of piperidine rings is 1. The van der Waals surface area contributed by atoms with Gasteiger partial charge >= 0.3 is 0 Å². The number of aryl methyl sites for hydroxylation is 1. The number of benzene rings is 1. The Morgan fingerprint density at radius 2 is 2.09 bits per heavy atom. The molecule has 1 saturated heterocycles. The summed E-state index contributed by atoms with van der Waals surface area (Å²) in [7, 11) is 0. The number of nitrogens with zero attached hydrogens (tertiary/aromatic N) is 2. The monoisotopic (exact) mass is 311 g/mol. The summed E-state index contributed by atoms with van der Waals surface area (Å²) in [6.45, 7) is 5.39. The second kappa shape index (κ2) is 7.14. The van der Waals surface area contributed by atoms with Crippen molar-refractivity contribution in [3.8, 4) is 6.07 Å². The van der Waals surface area contributed by atoms with Crippen molar-refractivity contribution < 1.29 is 4.79 Å². The average molecular weight is 311 g/mol. The summed E-state index contributed by atoms with van der Waals surface area (Å²) in [4.78, 5) is 14.5. The predicted molar refractivity (Wildman–Crippen MR) is 89.8 cm³/mol. The van der Waals surface area contributed by atoms with E-state index in [9.17, 15) is 4.79 Å². The molecule has 1 aromatic carbocycles. The van der Waals surface area contributed by atoms with Crippen molar-refractivity contribution in [2.45, 2.75) is 32.1 Å². The zero-order valence-electron chi connectivity index (χ0n) is 13.8. The quantitative estimate of drug-likeness (QED) is 0.850. The summed E-state index contributed by atoms with van der Waals surface area (Å²) in [6, 6.07) is 10.6. The smallest absolute Gasteiger partial charge is 0.223 e. The molecule has 0 unspecified atom stereocenters. The number of hydrogen-bond acceptors (Lipinski definition) is 3. The molecule has 1 amide bonds. The summed E-state index contributed by atoms with van der Waals surface area (Å²) in [5, 5.41) is 11.9. The largest absolute Gasteiger partial charge is 0.356 e. The van der Waals surface area contributed by atoms with Crippen LogP contribution in [0.1, 0.15) is 36.3 Å². The van der Waals surface area contributed by atoms with E-state index in [2.05, 4.69) is 47.5 Å². The first-order chi connectivity index (χ1) is 11.2. The molecule has 0 aromatic heterocycles. The van der Waals surface area contributed by atoms with Crippen molar-refractivity contribution in [3.05, 3.63) is 35.4 Å². The lowest BCUT2D eigenvalue weighted by atomic mass is 9.96. The van der Waals surface area contributed by atoms with Crippen LogP contribution in [0.5, 0.6) is 0 Å². The maximum absolute atomic E-state index is 12.3. The van der Waals surface area contributed by atoms with Crippen molar-refractivity contribution in [2.75, 3.05) is 26.2 Å². The maximum atomic E-state index is 12.3. The number of rotatable bonds is 5. The van der Waals surface area contributed by atoms with Gasteiger partial charge in [0.15, 0.2) is 0 Å². The van der Waals surface area contributed by atoms with Gasteiger partial charge in [0, 0.05) is 12.5 Å². The molecule has 0 radical (unpaired) electrons. The van der Waals surface area contributed by atoms with E-state index >= 15 is 0 Å². The Balaban J connectivity index is 1.42. The molecule has 1 saturated carbocycles. The van der Waals surface area contributed by atoms with Crippen LogP contribution in [0.4, 0.5) is 0 Å². The Morgan fingerprint density at radius 1 is 1.35 bits per heavy atom. The summed E-state index contributed by atoms with van der Waals surface area (Å²) in [6.07, 6.45) is 3.14. The van der Waals surface area contributed by atoms with E-state index in [1.807, 2.05) is 0 Å². The maximum Gasteiger partial charge on any atom is 0.223 e. The van der Waals surface area contributed by atoms with Gasteiger partial charge in [-0.1, -0.05) is 24.3 Å². The molecule has 2 fully saturated rings. The third-order valence-electron chi connectivity index (χ3n) is 5.28. The van der Waals surface area contributed by atoms with E-state index in [0.29, 0.717) is 18.4 Å². The highest BCUT2D eigenvalue weighted by atomic mass is 16.2. The summed E-state index contributed by atoms with van der Waals surface area (Å²) < 4.78 is 0. The normalized spacial score (nSPS) is 24.9. The number of nitrogens with one attached hydrogen (secondary N) is 1. The summed E-state index contributed by atoms with van der Waals surface area (Å²) in [5.41, 5.74) is 2.62. The number of nitriles is 1. The Hall–Kier alpha value is -1.86. The fourth-order valence-electron chi connectivity index (χ4n) is 3.66. The molecule has 1 aliphatic heterocycles. The minimum atomic E-state index is 0.162. The highest BCUT2D eigenvalue weighted by Crippen LogP contribution is 2.48. The summed E-state index contributed by atoms with van der Waals surface area (Å²) >= 11 is 0. The van der Waals surface area contributed by atoms with E-state index in [1.165, 1.54) is 11.1 Å². The van der Waals surface area contributed by atoms with Gasteiger partial charge in [-0.25, -0.2) is 0 Å². The molecule has 4 heteroatoms. The van der Waals surface area contributed by atoms with E-state index in [0.717, 1.165) is 38.9 Å². The van der Waals surface area contributed by atoms with Crippen LogP contribution >= 0.6 is 0 Å². The fourth-order valence-corrected chi connectivity index (χ4v) is 3.66. The lowest BCUT2D eigenvalue weighted by Gasteiger charge is -2.30. The van der Waals surface area contributed by atoms with Crippen molar-refractivity contribution in [1.29, 1.82) is 5.26 Å². The number of hydrogen-bond donors (Lipinski definition) is 1. The van der Waals surface area contributed by atoms with Gasteiger partial charge < -0.3 is 5.32 Å².